The second kappa shape index (κ2) is 5.97. The third kappa shape index (κ3) is 3.20. The van der Waals surface area contributed by atoms with Gasteiger partial charge < -0.3 is 5.32 Å². The lowest BCUT2D eigenvalue weighted by molar-refractivity contribution is 0.628. The highest BCUT2D eigenvalue weighted by atomic mass is 35.5. The van der Waals surface area contributed by atoms with E-state index in [0.717, 1.165) is 24.4 Å². The zero-order valence-electron chi connectivity index (χ0n) is 10.9. The van der Waals surface area contributed by atoms with E-state index < -0.39 is 5.82 Å². The Kier molecular flexibility index (Phi) is 4.32. The van der Waals surface area contributed by atoms with Gasteiger partial charge in [0.15, 0.2) is 5.82 Å². The van der Waals surface area contributed by atoms with Crippen molar-refractivity contribution in [1.82, 2.24) is 9.97 Å². The summed E-state index contributed by atoms with van der Waals surface area (Å²) in [5.41, 5.74) is 1.66. The third-order valence-electron chi connectivity index (χ3n) is 2.72. The van der Waals surface area contributed by atoms with Crippen molar-refractivity contribution in [2.45, 2.75) is 19.8 Å². The summed E-state index contributed by atoms with van der Waals surface area (Å²) in [5, 5.41) is 3.08. The molecule has 0 radical (unpaired) electrons. The normalized spacial score (nSPS) is 10.5. The zero-order valence-corrected chi connectivity index (χ0v) is 11.6. The molecule has 0 amide bonds. The second-order valence-electron chi connectivity index (χ2n) is 4.20. The van der Waals surface area contributed by atoms with E-state index in [1.807, 2.05) is 6.07 Å². The number of aromatic nitrogens is 2. The summed E-state index contributed by atoms with van der Waals surface area (Å²) in [4.78, 5) is 8.85. The van der Waals surface area contributed by atoms with Gasteiger partial charge in [0.05, 0.1) is 5.02 Å². The average molecular weight is 280 g/mol. The van der Waals surface area contributed by atoms with E-state index in [1.54, 1.807) is 19.2 Å². The molecule has 5 heteroatoms. The van der Waals surface area contributed by atoms with Crippen molar-refractivity contribution in [2.75, 3.05) is 12.4 Å². The van der Waals surface area contributed by atoms with Gasteiger partial charge in [0.2, 0.25) is 0 Å². The quantitative estimate of drug-likeness (QED) is 0.921. The molecule has 2 rings (SSSR count). The van der Waals surface area contributed by atoms with Gasteiger partial charge in [0, 0.05) is 24.4 Å². The van der Waals surface area contributed by atoms with Crippen LogP contribution in [0.3, 0.4) is 0 Å². The Bertz CT molecular complexity index is 587. The van der Waals surface area contributed by atoms with Crippen molar-refractivity contribution in [1.29, 1.82) is 0 Å². The molecular formula is C14H15ClFN3. The zero-order chi connectivity index (χ0) is 13.8. The van der Waals surface area contributed by atoms with E-state index in [1.165, 1.54) is 6.07 Å². The number of hydrogen-bond acceptors (Lipinski definition) is 3. The number of aryl methyl sites for hydroxylation is 1. The summed E-state index contributed by atoms with van der Waals surface area (Å²) in [6, 6.07) is 6.41. The van der Waals surface area contributed by atoms with Gasteiger partial charge >= 0.3 is 0 Å². The number of halogens is 2. The Balaban J connectivity index is 2.47. The molecule has 0 fully saturated rings. The highest BCUT2D eigenvalue weighted by Gasteiger charge is 2.08. The molecular weight excluding hydrogens is 265 g/mol. The van der Waals surface area contributed by atoms with Crippen molar-refractivity contribution in [3.8, 4) is 11.4 Å². The number of hydrogen-bond donors (Lipinski definition) is 1. The first kappa shape index (κ1) is 13.7. The first-order valence-electron chi connectivity index (χ1n) is 6.15. The van der Waals surface area contributed by atoms with Crippen molar-refractivity contribution in [3.63, 3.8) is 0 Å². The molecule has 19 heavy (non-hydrogen) atoms. The van der Waals surface area contributed by atoms with Crippen molar-refractivity contribution in [2.24, 2.45) is 0 Å². The van der Waals surface area contributed by atoms with Gasteiger partial charge in [-0.1, -0.05) is 24.9 Å². The maximum absolute atomic E-state index is 13.2. The molecule has 1 aromatic carbocycles. The van der Waals surface area contributed by atoms with Crippen LogP contribution in [-0.2, 0) is 6.42 Å². The molecule has 3 nitrogen and oxygen atoms in total. The Morgan fingerprint density at radius 3 is 2.68 bits per heavy atom. The first-order chi connectivity index (χ1) is 9.13. The molecule has 0 aliphatic rings. The lowest BCUT2D eigenvalue weighted by Gasteiger charge is -2.08. The summed E-state index contributed by atoms with van der Waals surface area (Å²) in [7, 11) is 1.81. The van der Waals surface area contributed by atoms with Crippen molar-refractivity contribution >= 4 is 17.4 Å². The summed E-state index contributed by atoms with van der Waals surface area (Å²) >= 11 is 5.79. The van der Waals surface area contributed by atoms with E-state index in [-0.39, 0.29) is 5.02 Å². The highest BCUT2D eigenvalue weighted by Crippen LogP contribution is 2.24. The van der Waals surface area contributed by atoms with Crippen LogP contribution < -0.4 is 5.32 Å². The van der Waals surface area contributed by atoms with Crippen molar-refractivity contribution < 1.29 is 4.39 Å². The molecule has 0 aliphatic carbocycles. The molecule has 0 unspecified atom stereocenters. The second-order valence-corrected chi connectivity index (χ2v) is 4.60. The van der Waals surface area contributed by atoms with Crippen LogP contribution in [0.2, 0.25) is 5.02 Å². The molecule has 0 aliphatic heterocycles. The van der Waals surface area contributed by atoms with E-state index in [0.29, 0.717) is 11.4 Å². The molecule has 100 valence electrons. The maximum atomic E-state index is 13.2. The van der Waals surface area contributed by atoms with Crippen LogP contribution in [0.15, 0.2) is 24.3 Å². The summed E-state index contributed by atoms with van der Waals surface area (Å²) in [6.07, 6.45) is 1.88. The number of benzene rings is 1. The lowest BCUT2D eigenvalue weighted by atomic mass is 10.2. The fourth-order valence-electron chi connectivity index (χ4n) is 1.77. The predicted molar refractivity (Wildman–Crippen MR) is 76.0 cm³/mol. The molecule has 0 spiro atoms. The lowest BCUT2D eigenvalue weighted by Crippen LogP contribution is -2.01. The van der Waals surface area contributed by atoms with Gasteiger partial charge in [-0.3, -0.25) is 0 Å². The minimum absolute atomic E-state index is 0.0769. The molecule has 0 saturated heterocycles. The Morgan fingerprint density at radius 1 is 1.26 bits per heavy atom. The fraction of sp³-hybridized carbons (Fsp3) is 0.286. The van der Waals surface area contributed by atoms with Crippen LogP contribution in [0.25, 0.3) is 11.4 Å². The van der Waals surface area contributed by atoms with Crippen LogP contribution in [0.5, 0.6) is 0 Å². The van der Waals surface area contributed by atoms with Gasteiger partial charge in [-0.05, 0) is 24.6 Å². The molecule has 1 heterocycles. The largest absolute Gasteiger partial charge is 0.373 e. The van der Waals surface area contributed by atoms with E-state index in [4.69, 9.17) is 11.6 Å². The average Bonchev–Trinajstić information content (AvgIpc) is 2.42. The van der Waals surface area contributed by atoms with Gasteiger partial charge in [-0.2, -0.15) is 0 Å². The Morgan fingerprint density at radius 2 is 2.05 bits per heavy atom. The molecule has 0 saturated carbocycles. The Labute approximate surface area is 116 Å². The predicted octanol–water partition coefficient (Wildman–Crippen LogP) is 3.93. The van der Waals surface area contributed by atoms with Crippen LogP contribution >= 0.6 is 11.6 Å². The fourth-order valence-corrected chi connectivity index (χ4v) is 1.95. The van der Waals surface area contributed by atoms with E-state index in [2.05, 4.69) is 22.2 Å². The van der Waals surface area contributed by atoms with Crippen LogP contribution in [-0.4, -0.2) is 17.0 Å². The SMILES string of the molecule is CCCc1cc(NC)nc(-c2ccc(F)c(Cl)c2)n1. The van der Waals surface area contributed by atoms with Crippen LogP contribution in [0, 0.1) is 5.82 Å². The smallest absolute Gasteiger partial charge is 0.161 e. The van der Waals surface area contributed by atoms with Crippen LogP contribution in [0.1, 0.15) is 19.0 Å². The van der Waals surface area contributed by atoms with Gasteiger partial charge in [0.25, 0.3) is 0 Å². The number of nitrogens with zero attached hydrogens (tertiary/aromatic N) is 2. The monoisotopic (exact) mass is 279 g/mol. The molecule has 0 bridgehead atoms. The highest BCUT2D eigenvalue weighted by molar-refractivity contribution is 6.31. The third-order valence-corrected chi connectivity index (χ3v) is 3.01. The van der Waals surface area contributed by atoms with E-state index >= 15 is 0 Å². The topological polar surface area (TPSA) is 37.8 Å². The van der Waals surface area contributed by atoms with Gasteiger partial charge in [-0.15, -0.1) is 0 Å². The number of nitrogens with one attached hydrogen (secondary N) is 1. The van der Waals surface area contributed by atoms with Gasteiger partial charge in [0.1, 0.15) is 11.6 Å². The van der Waals surface area contributed by atoms with Crippen LogP contribution in [0.4, 0.5) is 10.2 Å². The van der Waals surface area contributed by atoms with Gasteiger partial charge in [-0.25, -0.2) is 14.4 Å². The minimum Gasteiger partial charge on any atom is -0.373 e. The standard InChI is InChI=1S/C14H15ClFN3/c1-3-4-10-8-13(17-2)19-14(18-10)9-5-6-12(16)11(15)7-9/h5-8H,3-4H2,1-2H3,(H,17,18,19). The summed E-state index contributed by atoms with van der Waals surface area (Å²) < 4.78 is 13.2. The maximum Gasteiger partial charge on any atom is 0.161 e. The van der Waals surface area contributed by atoms with E-state index in [9.17, 15) is 4.39 Å². The van der Waals surface area contributed by atoms with Crippen molar-refractivity contribution in [3.05, 3.63) is 40.8 Å². The molecule has 1 N–H and O–H groups in total. The molecule has 0 atom stereocenters. The molecule has 2 aromatic rings. The summed E-state index contributed by atoms with van der Waals surface area (Å²) in [6.45, 7) is 2.09. The number of rotatable bonds is 4. The summed E-state index contributed by atoms with van der Waals surface area (Å²) in [5.74, 6) is 0.857. The first-order valence-corrected chi connectivity index (χ1v) is 6.53. The molecule has 1 aromatic heterocycles. The minimum atomic E-state index is -0.441. The Hall–Kier alpha value is -1.68. The number of anilines is 1.